The molecule has 1 aromatic rings. The molecule has 56 valence electrons. The van der Waals surface area contributed by atoms with Gasteiger partial charge in [0.2, 0.25) is 0 Å². The molecule has 1 heterocycles. The van der Waals surface area contributed by atoms with Gasteiger partial charge in [-0.25, -0.2) is 0 Å². The number of hydrogen-bond donors (Lipinski definition) is 3. The normalized spacial score (nSPS) is 9.70. The Morgan fingerprint density at radius 2 is 2.40 bits per heavy atom. The van der Waals surface area contributed by atoms with Gasteiger partial charge >= 0.3 is 0 Å². The van der Waals surface area contributed by atoms with E-state index in [1.807, 2.05) is 12.1 Å². The van der Waals surface area contributed by atoms with Gasteiger partial charge in [0.05, 0.1) is 16.6 Å². The van der Waals surface area contributed by atoms with Crippen molar-refractivity contribution < 1.29 is 5.11 Å². The topological polar surface area (TPSA) is 58.3 Å². The molecule has 0 saturated carbocycles. The third kappa shape index (κ3) is 1.89. The summed E-state index contributed by atoms with van der Waals surface area (Å²) in [7, 11) is 0. The van der Waals surface area contributed by atoms with E-state index in [9.17, 15) is 0 Å². The standard InChI is InChI=1S/C6H10N2OS/c7-5-1-2-6(10-5)8-3-4-9/h1-2,8-9H,3-4,7H2. The molecule has 1 rings (SSSR count). The number of thiophene rings is 1. The summed E-state index contributed by atoms with van der Waals surface area (Å²) in [5.74, 6) is 0. The number of aliphatic hydroxyl groups excluding tert-OH is 1. The minimum absolute atomic E-state index is 0.151. The molecule has 0 aliphatic heterocycles. The van der Waals surface area contributed by atoms with E-state index in [1.54, 1.807) is 0 Å². The van der Waals surface area contributed by atoms with E-state index in [1.165, 1.54) is 11.3 Å². The molecule has 0 spiro atoms. The fourth-order valence-electron chi connectivity index (χ4n) is 0.627. The van der Waals surface area contributed by atoms with Crippen LogP contribution >= 0.6 is 11.3 Å². The zero-order valence-corrected chi connectivity index (χ0v) is 6.32. The van der Waals surface area contributed by atoms with Crippen molar-refractivity contribution in [2.75, 3.05) is 24.2 Å². The van der Waals surface area contributed by atoms with Gasteiger partial charge in [-0.2, -0.15) is 0 Å². The Morgan fingerprint density at radius 1 is 1.60 bits per heavy atom. The second kappa shape index (κ2) is 3.43. The number of nitrogens with one attached hydrogen (secondary N) is 1. The number of nitrogen functional groups attached to an aromatic ring is 1. The van der Waals surface area contributed by atoms with Crippen LogP contribution in [0, 0.1) is 0 Å². The monoisotopic (exact) mass is 158 g/mol. The van der Waals surface area contributed by atoms with Crippen molar-refractivity contribution in [3.05, 3.63) is 12.1 Å². The van der Waals surface area contributed by atoms with Crippen molar-refractivity contribution in [2.45, 2.75) is 0 Å². The molecule has 0 fully saturated rings. The van der Waals surface area contributed by atoms with Crippen molar-refractivity contribution in [1.29, 1.82) is 0 Å². The lowest BCUT2D eigenvalue weighted by Crippen LogP contribution is -2.03. The van der Waals surface area contributed by atoms with E-state index < -0.39 is 0 Å². The maximum Gasteiger partial charge on any atom is 0.0904 e. The third-order valence-corrected chi connectivity index (χ3v) is 1.91. The molecule has 0 unspecified atom stereocenters. The van der Waals surface area contributed by atoms with Crippen LogP contribution in [0.4, 0.5) is 10.0 Å². The predicted molar refractivity (Wildman–Crippen MR) is 44.3 cm³/mol. The van der Waals surface area contributed by atoms with Gasteiger partial charge in [-0.1, -0.05) is 0 Å². The first-order chi connectivity index (χ1) is 4.83. The average molecular weight is 158 g/mol. The van der Waals surface area contributed by atoms with Crippen LogP contribution in [-0.2, 0) is 0 Å². The molecule has 0 aromatic carbocycles. The molecule has 0 amide bonds. The highest BCUT2D eigenvalue weighted by atomic mass is 32.1. The fourth-order valence-corrected chi connectivity index (χ4v) is 1.33. The van der Waals surface area contributed by atoms with E-state index in [4.69, 9.17) is 10.8 Å². The van der Waals surface area contributed by atoms with Crippen LogP contribution in [-0.4, -0.2) is 18.3 Å². The van der Waals surface area contributed by atoms with Crippen molar-refractivity contribution >= 4 is 21.3 Å². The van der Waals surface area contributed by atoms with E-state index in [0.717, 1.165) is 10.0 Å². The summed E-state index contributed by atoms with van der Waals surface area (Å²) in [6.07, 6.45) is 0. The Hall–Kier alpha value is -0.740. The number of aliphatic hydroxyl groups is 1. The molecule has 4 N–H and O–H groups in total. The Labute approximate surface area is 63.5 Å². The molecule has 3 nitrogen and oxygen atoms in total. The maximum absolute atomic E-state index is 8.45. The highest BCUT2D eigenvalue weighted by molar-refractivity contribution is 7.19. The molecule has 0 radical (unpaired) electrons. The fraction of sp³-hybridized carbons (Fsp3) is 0.333. The molecule has 1 aromatic heterocycles. The van der Waals surface area contributed by atoms with Gasteiger partial charge in [0.15, 0.2) is 0 Å². The highest BCUT2D eigenvalue weighted by Gasteiger charge is 1.92. The lowest BCUT2D eigenvalue weighted by molar-refractivity contribution is 0.311. The smallest absolute Gasteiger partial charge is 0.0904 e. The van der Waals surface area contributed by atoms with Crippen LogP contribution < -0.4 is 11.1 Å². The molecular weight excluding hydrogens is 148 g/mol. The van der Waals surface area contributed by atoms with Crippen LogP contribution in [0.3, 0.4) is 0 Å². The Bertz CT molecular complexity index is 199. The lowest BCUT2D eigenvalue weighted by atomic mass is 10.6. The van der Waals surface area contributed by atoms with Crippen LogP contribution in [0.5, 0.6) is 0 Å². The zero-order chi connectivity index (χ0) is 7.40. The quantitative estimate of drug-likeness (QED) is 0.608. The summed E-state index contributed by atoms with van der Waals surface area (Å²) in [6, 6.07) is 3.74. The predicted octanol–water partition coefficient (Wildman–Crippen LogP) is 0.734. The molecular formula is C6H10N2OS. The average Bonchev–Trinajstić information content (AvgIpc) is 2.31. The second-order valence-corrected chi connectivity index (χ2v) is 2.97. The van der Waals surface area contributed by atoms with E-state index in [0.29, 0.717) is 6.54 Å². The minimum atomic E-state index is 0.151. The van der Waals surface area contributed by atoms with Gasteiger partial charge in [0.25, 0.3) is 0 Å². The zero-order valence-electron chi connectivity index (χ0n) is 5.50. The number of rotatable bonds is 3. The van der Waals surface area contributed by atoms with Gasteiger partial charge < -0.3 is 16.2 Å². The summed E-state index contributed by atoms with van der Waals surface area (Å²) in [5, 5.41) is 13.2. The summed E-state index contributed by atoms with van der Waals surface area (Å²) in [5.41, 5.74) is 5.47. The largest absolute Gasteiger partial charge is 0.395 e. The lowest BCUT2D eigenvalue weighted by Gasteiger charge is -1.96. The number of hydrogen-bond acceptors (Lipinski definition) is 4. The molecule has 0 bridgehead atoms. The molecule has 10 heavy (non-hydrogen) atoms. The summed E-state index contributed by atoms with van der Waals surface area (Å²) in [4.78, 5) is 0. The molecule has 4 heteroatoms. The molecule has 0 aliphatic carbocycles. The SMILES string of the molecule is Nc1ccc(NCCO)s1. The van der Waals surface area contributed by atoms with Crippen LogP contribution in [0.15, 0.2) is 12.1 Å². The Kier molecular flexibility index (Phi) is 2.53. The van der Waals surface area contributed by atoms with Crippen LogP contribution in [0.2, 0.25) is 0 Å². The third-order valence-electron chi connectivity index (χ3n) is 1.04. The minimum Gasteiger partial charge on any atom is -0.395 e. The maximum atomic E-state index is 8.45. The van der Waals surface area contributed by atoms with E-state index >= 15 is 0 Å². The van der Waals surface area contributed by atoms with E-state index in [-0.39, 0.29) is 6.61 Å². The van der Waals surface area contributed by atoms with Gasteiger partial charge in [0.1, 0.15) is 0 Å². The molecule has 0 saturated heterocycles. The molecule has 0 atom stereocenters. The van der Waals surface area contributed by atoms with Gasteiger partial charge in [-0.3, -0.25) is 0 Å². The molecule has 0 aliphatic rings. The Balaban J connectivity index is 2.42. The van der Waals surface area contributed by atoms with Crippen molar-refractivity contribution in [2.24, 2.45) is 0 Å². The first-order valence-electron chi connectivity index (χ1n) is 3.03. The van der Waals surface area contributed by atoms with Crippen molar-refractivity contribution in [1.82, 2.24) is 0 Å². The van der Waals surface area contributed by atoms with Crippen molar-refractivity contribution in [3.63, 3.8) is 0 Å². The first kappa shape index (κ1) is 7.37. The summed E-state index contributed by atoms with van der Waals surface area (Å²) < 4.78 is 0. The Morgan fingerprint density at radius 3 is 2.90 bits per heavy atom. The first-order valence-corrected chi connectivity index (χ1v) is 3.84. The summed E-state index contributed by atoms with van der Waals surface area (Å²) in [6.45, 7) is 0.734. The van der Waals surface area contributed by atoms with Gasteiger partial charge in [-0.05, 0) is 12.1 Å². The van der Waals surface area contributed by atoms with Crippen LogP contribution in [0.1, 0.15) is 0 Å². The number of nitrogens with two attached hydrogens (primary N) is 1. The van der Waals surface area contributed by atoms with Gasteiger partial charge in [0, 0.05) is 6.54 Å². The van der Waals surface area contributed by atoms with Gasteiger partial charge in [-0.15, -0.1) is 11.3 Å². The van der Waals surface area contributed by atoms with E-state index in [2.05, 4.69) is 5.32 Å². The summed E-state index contributed by atoms with van der Waals surface area (Å²) >= 11 is 1.48. The van der Waals surface area contributed by atoms with Crippen molar-refractivity contribution in [3.8, 4) is 0 Å². The second-order valence-electron chi connectivity index (χ2n) is 1.85. The number of anilines is 2. The highest BCUT2D eigenvalue weighted by Crippen LogP contribution is 2.22. The van der Waals surface area contributed by atoms with Crippen LogP contribution in [0.25, 0.3) is 0 Å².